The van der Waals surface area contributed by atoms with E-state index in [1.54, 1.807) is 0 Å². The van der Waals surface area contributed by atoms with E-state index in [9.17, 15) is 4.79 Å². The Morgan fingerprint density at radius 1 is 1.03 bits per heavy atom. The maximum Gasteiger partial charge on any atom is 0.238 e. The van der Waals surface area contributed by atoms with E-state index in [0.717, 1.165) is 35.8 Å². The van der Waals surface area contributed by atoms with Gasteiger partial charge in [-0.1, -0.05) is 23.8 Å². The molecule has 2 aromatic carbocycles. The van der Waals surface area contributed by atoms with E-state index in [4.69, 9.17) is 9.47 Å². The van der Waals surface area contributed by atoms with Gasteiger partial charge in [0.25, 0.3) is 0 Å². The summed E-state index contributed by atoms with van der Waals surface area (Å²) in [6.45, 7) is 5.14. The fourth-order valence-corrected chi connectivity index (χ4v) is 4.24. The van der Waals surface area contributed by atoms with Gasteiger partial charge in [-0.3, -0.25) is 9.69 Å². The minimum absolute atomic E-state index is 0.0126. The third-order valence-electron chi connectivity index (χ3n) is 5.70. The first-order valence-corrected chi connectivity index (χ1v) is 10.3. The molecule has 5 rings (SSSR count). The van der Waals surface area contributed by atoms with Gasteiger partial charge in [-0.15, -0.1) is 0 Å². The van der Waals surface area contributed by atoms with Crippen LogP contribution in [-0.4, -0.2) is 41.7 Å². The molecule has 1 aromatic heterocycles. The number of aromatic nitrogens is 1. The number of carbonyl (C=O) groups is 1. The Morgan fingerprint density at radius 3 is 2.67 bits per heavy atom. The largest absolute Gasteiger partial charge is 0.486 e. The highest BCUT2D eigenvalue weighted by atomic mass is 16.6. The van der Waals surface area contributed by atoms with E-state index in [0.29, 0.717) is 19.8 Å². The van der Waals surface area contributed by atoms with Gasteiger partial charge in [0, 0.05) is 30.7 Å². The Bertz CT molecular complexity index is 1060. The van der Waals surface area contributed by atoms with Crippen molar-refractivity contribution in [1.82, 2.24) is 9.47 Å². The van der Waals surface area contributed by atoms with Gasteiger partial charge in [-0.05, 0) is 48.9 Å². The van der Waals surface area contributed by atoms with Gasteiger partial charge in [-0.25, -0.2) is 0 Å². The first-order chi connectivity index (χ1) is 14.7. The lowest BCUT2D eigenvalue weighted by Crippen LogP contribution is -2.42. The number of nitrogens with one attached hydrogen (secondary N) is 1. The fourth-order valence-electron chi connectivity index (χ4n) is 4.24. The van der Waals surface area contributed by atoms with Crippen molar-refractivity contribution >= 4 is 11.6 Å². The molecule has 6 nitrogen and oxygen atoms in total. The molecule has 30 heavy (non-hydrogen) atoms. The fraction of sp³-hybridized carbons (Fsp3) is 0.292. The number of anilines is 1. The number of ether oxygens (including phenoxy) is 2. The molecule has 1 atom stereocenters. The van der Waals surface area contributed by atoms with Crippen molar-refractivity contribution in [2.45, 2.75) is 19.5 Å². The predicted molar refractivity (Wildman–Crippen MR) is 115 cm³/mol. The zero-order chi connectivity index (χ0) is 20.5. The molecule has 0 radical (unpaired) electrons. The van der Waals surface area contributed by atoms with Crippen molar-refractivity contribution in [3.63, 3.8) is 0 Å². The SMILES string of the molecule is Cc1ccc(NC(=O)CN2CCn3cccc3[C@@H]2c2ccc3c(c2)OCCO3)cc1. The summed E-state index contributed by atoms with van der Waals surface area (Å²) in [7, 11) is 0. The Morgan fingerprint density at radius 2 is 1.83 bits per heavy atom. The first-order valence-electron chi connectivity index (χ1n) is 10.3. The lowest BCUT2D eigenvalue weighted by Gasteiger charge is -2.37. The first kappa shape index (κ1) is 18.8. The molecule has 1 amide bonds. The lowest BCUT2D eigenvalue weighted by atomic mass is 9.99. The average molecular weight is 403 g/mol. The van der Waals surface area contributed by atoms with Gasteiger partial charge in [0.2, 0.25) is 5.91 Å². The number of benzene rings is 2. The van der Waals surface area contributed by atoms with Crippen LogP contribution in [0, 0.1) is 6.92 Å². The summed E-state index contributed by atoms with van der Waals surface area (Å²) < 4.78 is 13.7. The average Bonchev–Trinajstić information content (AvgIpc) is 3.24. The molecular formula is C24H25N3O3. The summed E-state index contributed by atoms with van der Waals surface area (Å²) >= 11 is 0. The smallest absolute Gasteiger partial charge is 0.238 e. The van der Waals surface area contributed by atoms with Gasteiger partial charge in [0.05, 0.1) is 12.6 Å². The quantitative estimate of drug-likeness (QED) is 0.723. The van der Waals surface area contributed by atoms with Crippen LogP contribution < -0.4 is 14.8 Å². The highest BCUT2D eigenvalue weighted by Crippen LogP contribution is 2.38. The van der Waals surface area contributed by atoms with E-state index < -0.39 is 0 Å². The summed E-state index contributed by atoms with van der Waals surface area (Å²) in [5.41, 5.74) is 4.27. The second-order valence-electron chi connectivity index (χ2n) is 7.82. The zero-order valence-corrected chi connectivity index (χ0v) is 17.0. The monoisotopic (exact) mass is 403 g/mol. The van der Waals surface area contributed by atoms with Crippen LogP contribution in [-0.2, 0) is 11.3 Å². The van der Waals surface area contributed by atoms with Gasteiger partial charge in [-0.2, -0.15) is 0 Å². The number of hydrogen-bond acceptors (Lipinski definition) is 4. The van der Waals surface area contributed by atoms with Crippen LogP contribution >= 0.6 is 0 Å². The van der Waals surface area contributed by atoms with Crippen molar-refractivity contribution in [1.29, 1.82) is 0 Å². The number of aryl methyl sites for hydroxylation is 1. The standard InChI is InChI=1S/C24H25N3O3/c1-17-4-7-19(8-5-17)25-23(28)16-27-12-11-26-10-2-3-20(26)24(27)18-6-9-21-22(15-18)30-14-13-29-21/h2-10,15,24H,11-14,16H2,1H3,(H,25,28)/t24-/m0/s1. The maximum atomic E-state index is 12.8. The van der Waals surface area contributed by atoms with Crippen LogP contribution in [0.2, 0.25) is 0 Å². The van der Waals surface area contributed by atoms with Gasteiger partial charge in [0.1, 0.15) is 13.2 Å². The number of carbonyl (C=O) groups excluding carboxylic acids is 1. The van der Waals surface area contributed by atoms with Gasteiger partial charge >= 0.3 is 0 Å². The Labute approximate surface area is 176 Å². The molecule has 0 spiro atoms. The molecule has 0 bridgehead atoms. The van der Waals surface area contributed by atoms with E-state index in [1.165, 1.54) is 11.3 Å². The van der Waals surface area contributed by atoms with Crippen LogP contribution in [0.15, 0.2) is 60.8 Å². The molecular weight excluding hydrogens is 378 g/mol. The highest BCUT2D eigenvalue weighted by Gasteiger charge is 2.31. The Balaban J connectivity index is 1.41. The molecule has 6 heteroatoms. The molecule has 0 saturated heterocycles. The second kappa shape index (κ2) is 7.88. The molecule has 0 fully saturated rings. The van der Waals surface area contributed by atoms with Crippen LogP contribution in [0.3, 0.4) is 0 Å². The third kappa shape index (κ3) is 3.66. The predicted octanol–water partition coefficient (Wildman–Crippen LogP) is 3.61. The number of hydrogen-bond donors (Lipinski definition) is 1. The summed E-state index contributed by atoms with van der Waals surface area (Å²) in [4.78, 5) is 15.0. The molecule has 0 unspecified atom stereocenters. The Kier molecular flexibility index (Phi) is 4.93. The lowest BCUT2D eigenvalue weighted by molar-refractivity contribution is -0.117. The van der Waals surface area contributed by atoms with E-state index in [2.05, 4.69) is 39.2 Å². The third-order valence-corrected chi connectivity index (χ3v) is 5.70. The summed E-state index contributed by atoms with van der Waals surface area (Å²) in [5.74, 6) is 1.53. The topological polar surface area (TPSA) is 55.7 Å². The molecule has 3 heterocycles. The minimum atomic E-state index is -0.0201. The van der Waals surface area contributed by atoms with Crippen molar-refractivity contribution < 1.29 is 14.3 Å². The normalized spacial score (nSPS) is 18.0. The van der Waals surface area contributed by atoms with Crippen molar-refractivity contribution in [3.05, 3.63) is 77.6 Å². The van der Waals surface area contributed by atoms with Crippen LogP contribution in [0.4, 0.5) is 5.69 Å². The zero-order valence-electron chi connectivity index (χ0n) is 17.0. The highest BCUT2D eigenvalue weighted by molar-refractivity contribution is 5.92. The molecule has 3 aromatic rings. The Hall–Kier alpha value is -3.25. The number of nitrogens with zero attached hydrogens (tertiary/aromatic N) is 2. The maximum absolute atomic E-state index is 12.8. The molecule has 2 aliphatic rings. The molecule has 2 aliphatic heterocycles. The minimum Gasteiger partial charge on any atom is -0.486 e. The van der Waals surface area contributed by atoms with Gasteiger partial charge in [0.15, 0.2) is 11.5 Å². The van der Waals surface area contributed by atoms with Crippen LogP contribution in [0.1, 0.15) is 22.9 Å². The second-order valence-corrected chi connectivity index (χ2v) is 7.82. The van der Waals surface area contributed by atoms with Gasteiger partial charge < -0.3 is 19.4 Å². The summed E-state index contributed by atoms with van der Waals surface area (Å²) in [6, 6.07) is 18.1. The molecule has 154 valence electrons. The number of amides is 1. The van der Waals surface area contributed by atoms with E-state index in [1.807, 2.05) is 43.3 Å². The molecule has 1 N–H and O–H groups in total. The van der Waals surface area contributed by atoms with Crippen molar-refractivity contribution in [2.75, 3.05) is 31.6 Å². The van der Waals surface area contributed by atoms with Crippen LogP contribution in [0.5, 0.6) is 11.5 Å². The summed E-state index contributed by atoms with van der Waals surface area (Å²) in [5, 5.41) is 3.02. The van der Waals surface area contributed by atoms with E-state index in [-0.39, 0.29) is 11.9 Å². The molecule has 0 saturated carbocycles. The van der Waals surface area contributed by atoms with Crippen molar-refractivity contribution in [3.8, 4) is 11.5 Å². The van der Waals surface area contributed by atoms with Crippen molar-refractivity contribution in [2.24, 2.45) is 0 Å². The molecule has 0 aliphatic carbocycles. The van der Waals surface area contributed by atoms with E-state index >= 15 is 0 Å². The summed E-state index contributed by atoms with van der Waals surface area (Å²) in [6.07, 6.45) is 2.10. The van der Waals surface area contributed by atoms with Crippen LogP contribution in [0.25, 0.3) is 0 Å². The number of fused-ring (bicyclic) bond motifs is 2. The number of rotatable bonds is 4.